The lowest BCUT2D eigenvalue weighted by atomic mass is 10.0. The number of nitrogens with zero attached hydrogens (tertiary/aromatic N) is 3. The van der Waals surface area contributed by atoms with Crippen molar-refractivity contribution in [2.75, 3.05) is 23.4 Å². The topological polar surface area (TPSA) is 67.1 Å². The Labute approximate surface area is 114 Å². The van der Waals surface area contributed by atoms with Gasteiger partial charge in [-0.1, -0.05) is 38.3 Å². The molecule has 0 aliphatic heterocycles. The second-order valence-corrected chi connectivity index (χ2v) is 4.64. The van der Waals surface area contributed by atoms with Crippen LogP contribution in [0.2, 0.25) is 5.02 Å². The maximum absolute atomic E-state index is 6.16. The normalized spacial score (nSPS) is 10.8. The lowest BCUT2D eigenvalue weighted by Crippen LogP contribution is -2.30. The maximum Gasteiger partial charge on any atom is 0.239 e. The second kappa shape index (κ2) is 7.38. The highest BCUT2D eigenvalue weighted by molar-refractivity contribution is 6.32. The van der Waals surface area contributed by atoms with E-state index in [0.717, 1.165) is 31.7 Å². The van der Waals surface area contributed by atoms with Crippen LogP contribution in [0.25, 0.3) is 0 Å². The average Bonchev–Trinajstić information content (AvgIpc) is 2.41. The zero-order valence-electron chi connectivity index (χ0n) is 11.3. The summed E-state index contributed by atoms with van der Waals surface area (Å²) in [5.41, 5.74) is 2.45. The molecule has 0 amide bonds. The summed E-state index contributed by atoms with van der Waals surface area (Å²) in [5.74, 6) is 7.10. The van der Waals surface area contributed by atoms with Gasteiger partial charge in [0, 0.05) is 13.1 Å². The van der Waals surface area contributed by atoms with Crippen molar-refractivity contribution >= 4 is 23.4 Å². The molecule has 0 saturated heterocycles. The number of halogens is 1. The number of anilines is 2. The van der Waals surface area contributed by atoms with Crippen molar-refractivity contribution in [3.05, 3.63) is 11.2 Å². The second-order valence-electron chi connectivity index (χ2n) is 4.23. The Kier molecular flexibility index (Phi) is 6.15. The minimum absolute atomic E-state index is 0.386. The number of nitrogen functional groups attached to an aromatic ring is 1. The van der Waals surface area contributed by atoms with Gasteiger partial charge in [0.25, 0.3) is 0 Å². The number of hydrazine groups is 1. The molecule has 0 unspecified atom stereocenters. The fraction of sp³-hybridized carbons (Fsp3) is 0.667. The molecule has 0 spiro atoms. The van der Waals surface area contributed by atoms with Crippen molar-refractivity contribution in [2.45, 2.75) is 33.6 Å². The standard InChI is InChI=1S/C12H22ClN5/c1-4-9(5-2)8-18(6-3)11-10(13)7-15-12(16-11)17-14/h7,9H,4-6,8,14H2,1-3H3,(H,15,16,17). The van der Waals surface area contributed by atoms with Gasteiger partial charge >= 0.3 is 0 Å². The smallest absolute Gasteiger partial charge is 0.239 e. The highest BCUT2D eigenvalue weighted by Crippen LogP contribution is 2.25. The Morgan fingerprint density at radius 1 is 1.39 bits per heavy atom. The summed E-state index contributed by atoms with van der Waals surface area (Å²) >= 11 is 6.16. The first-order valence-electron chi connectivity index (χ1n) is 6.40. The summed E-state index contributed by atoms with van der Waals surface area (Å²) in [7, 11) is 0. The van der Waals surface area contributed by atoms with E-state index in [4.69, 9.17) is 17.4 Å². The summed E-state index contributed by atoms with van der Waals surface area (Å²) < 4.78 is 0. The predicted octanol–water partition coefficient (Wildman–Crippen LogP) is 2.68. The third kappa shape index (κ3) is 3.71. The zero-order valence-corrected chi connectivity index (χ0v) is 12.0. The van der Waals surface area contributed by atoms with E-state index >= 15 is 0 Å². The summed E-state index contributed by atoms with van der Waals surface area (Å²) in [5, 5.41) is 0.557. The minimum Gasteiger partial charge on any atom is -0.355 e. The van der Waals surface area contributed by atoms with Crippen LogP contribution in [0.1, 0.15) is 33.6 Å². The van der Waals surface area contributed by atoms with Crippen molar-refractivity contribution in [2.24, 2.45) is 11.8 Å². The molecule has 0 saturated carbocycles. The molecule has 1 aromatic heterocycles. The first-order valence-corrected chi connectivity index (χ1v) is 6.78. The number of aromatic nitrogens is 2. The molecule has 3 N–H and O–H groups in total. The molecule has 102 valence electrons. The molecule has 0 fully saturated rings. The Morgan fingerprint density at radius 3 is 2.56 bits per heavy atom. The third-order valence-electron chi connectivity index (χ3n) is 3.17. The van der Waals surface area contributed by atoms with Crippen LogP contribution in [-0.2, 0) is 0 Å². The first kappa shape index (κ1) is 15.0. The summed E-state index contributed by atoms with van der Waals surface area (Å²) in [6.45, 7) is 8.31. The molecule has 1 aromatic rings. The SMILES string of the molecule is CCC(CC)CN(CC)c1nc(NN)ncc1Cl. The van der Waals surface area contributed by atoms with Crippen LogP contribution < -0.4 is 16.2 Å². The van der Waals surface area contributed by atoms with Crippen molar-refractivity contribution < 1.29 is 0 Å². The molecule has 0 aliphatic carbocycles. The van der Waals surface area contributed by atoms with Crippen molar-refractivity contribution in [3.8, 4) is 0 Å². The Morgan fingerprint density at radius 2 is 2.06 bits per heavy atom. The molecule has 18 heavy (non-hydrogen) atoms. The number of hydrogen-bond acceptors (Lipinski definition) is 5. The quantitative estimate of drug-likeness (QED) is 0.590. The van der Waals surface area contributed by atoms with E-state index in [9.17, 15) is 0 Å². The Balaban J connectivity index is 2.93. The van der Waals surface area contributed by atoms with Crippen LogP contribution in [0.4, 0.5) is 11.8 Å². The third-order valence-corrected chi connectivity index (χ3v) is 3.44. The molecule has 5 nitrogen and oxygen atoms in total. The number of nitrogens with two attached hydrogens (primary N) is 1. The number of nitrogens with one attached hydrogen (secondary N) is 1. The van der Waals surface area contributed by atoms with Crippen molar-refractivity contribution in [3.63, 3.8) is 0 Å². The summed E-state index contributed by atoms with van der Waals surface area (Å²) in [4.78, 5) is 10.5. The van der Waals surface area contributed by atoms with E-state index in [1.54, 1.807) is 6.20 Å². The molecule has 0 aliphatic rings. The van der Waals surface area contributed by atoms with Gasteiger partial charge in [-0.2, -0.15) is 4.98 Å². The monoisotopic (exact) mass is 271 g/mol. The van der Waals surface area contributed by atoms with Crippen LogP contribution in [0.15, 0.2) is 6.20 Å². The Hall–Kier alpha value is -1.07. The van der Waals surface area contributed by atoms with E-state index in [1.165, 1.54) is 0 Å². The average molecular weight is 272 g/mol. The maximum atomic E-state index is 6.16. The van der Waals surface area contributed by atoms with Gasteiger partial charge in [-0.25, -0.2) is 10.8 Å². The summed E-state index contributed by atoms with van der Waals surface area (Å²) in [6, 6.07) is 0. The highest BCUT2D eigenvalue weighted by Gasteiger charge is 2.15. The largest absolute Gasteiger partial charge is 0.355 e. The molecule has 0 aromatic carbocycles. The molecular formula is C12H22ClN5. The zero-order chi connectivity index (χ0) is 13.5. The van der Waals surface area contributed by atoms with Crippen molar-refractivity contribution in [1.29, 1.82) is 0 Å². The van der Waals surface area contributed by atoms with Crippen molar-refractivity contribution in [1.82, 2.24) is 9.97 Å². The minimum atomic E-state index is 0.386. The number of rotatable bonds is 7. The van der Waals surface area contributed by atoms with Gasteiger partial charge < -0.3 is 4.90 Å². The lowest BCUT2D eigenvalue weighted by Gasteiger charge is -2.27. The van der Waals surface area contributed by atoms with Gasteiger partial charge in [-0.3, -0.25) is 5.43 Å². The van der Waals surface area contributed by atoms with Gasteiger partial charge in [-0.05, 0) is 12.8 Å². The van der Waals surface area contributed by atoms with Gasteiger partial charge in [0.1, 0.15) is 5.02 Å². The lowest BCUT2D eigenvalue weighted by molar-refractivity contribution is 0.484. The molecule has 1 heterocycles. The van der Waals surface area contributed by atoms with E-state index in [0.29, 0.717) is 16.9 Å². The van der Waals surface area contributed by atoms with E-state index in [-0.39, 0.29) is 0 Å². The molecule has 0 radical (unpaired) electrons. The fourth-order valence-corrected chi connectivity index (χ4v) is 2.08. The molecule has 0 atom stereocenters. The van der Waals surface area contributed by atoms with E-state index < -0.39 is 0 Å². The molecular weight excluding hydrogens is 250 g/mol. The van der Waals surface area contributed by atoms with Crippen LogP contribution in [0.5, 0.6) is 0 Å². The van der Waals surface area contributed by atoms with Crippen LogP contribution in [0, 0.1) is 5.92 Å². The van der Waals surface area contributed by atoms with E-state index in [2.05, 4.69) is 41.1 Å². The van der Waals surface area contributed by atoms with Crippen LogP contribution in [-0.4, -0.2) is 23.1 Å². The molecule has 6 heteroatoms. The van der Waals surface area contributed by atoms with Gasteiger partial charge in [0.15, 0.2) is 5.82 Å². The number of hydrogen-bond donors (Lipinski definition) is 2. The van der Waals surface area contributed by atoms with Crippen LogP contribution >= 0.6 is 11.6 Å². The van der Waals surface area contributed by atoms with Crippen LogP contribution in [0.3, 0.4) is 0 Å². The molecule has 1 rings (SSSR count). The highest BCUT2D eigenvalue weighted by atomic mass is 35.5. The van der Waals surface area contributed by atoms with E-state index in [1.807, 2.05) is 0 Å². The Bertz CT molecular complexity index is 367. The van der Waals surface area contributed by atoms with Gasteiger partial charge in [0.2, 0.25) is 5.95 Å². The van der Waals surface area contributed by atoms with Gasteiger partial charge in [-0.15, -0.1) is 0 Å². The fourth-order valence-electron chi connectivity index (χ4n) is 1.87. The predicted molar refractivity (Wildman–Crippen MR) is 76.8 cm³/mol. The summed E-state index contributed by atoms with van der Waals surface area (Å²) in [6.07, 6.45) is 3.88. The van der Waals surface area contributed by atoms with Gasteiger partial charge in [0.05, 0.1) is 6.20 Å². The first-order chi connectivity index (χ1) is 8.65. The molecule has 0 bridgehead atoms.